The Morgan fingerprint density at radius 2 is 2.15 bits per heavy atom. The van der Waals surface area contributed by atoms with E-state index in [9.17, 15) is 4.79 Å². The van der Waals surface area contributed by atoms with E-state index in [1.165, 1.54) is 0 Å². The molecule has 0 spiro atoms. The van der Waals surface area contributed by atoms with Crippen LogP contribution in [0.3, 0.4) is 0 Å². The van der Waals surface area contributed by atoms with Crippen molar-refractivity contribution < 1.29 is 9.21 Å². The van der Waals surface area contributed by atoms with Gasteiger partial charge in [-0.1, -0.05) is 13.0 Å². The summed E-state index contributed by atoms with van der Waals surface area (Å²) in [6, 6.07) is 7.33. The number of aromatic nitrogens is 1. The predicted octanol–water partition coefficient (Wildman–Crippen LogP) is 2.23. The number of carbonyl (C=O) groups excluding carboxylic acids is 1. The van der Waals surface area contributed by atoms with Crippen LogP contribution in [0.25, 0.3) is 0 Å². The first-order chi connectivity index (χ1) is 9.61. The van der Waals surface area contributed by atoms with Crippen molar-refractivity contribution in [2.45, 2.75) is 19.9 Å². The summed E-state index contributed by atoms with van der Waals surface area (Å²) in [6.45, 7) is 2.40. The molecule has 106 valence electrons. The summed E-state index contributed by atoms with van der Waals surface area (Å²) in [4.78, 5) is 18.2. The third kappa shape index (κ3) is 3.17. The van der Waals surface area contributed by atoms with E-state index in [1.54, 1.807) is 12.3 Å². The number of rotatable bonds is 5. The minimum Gasteiger partial charge on any atom is -0.456 e. The number of aryl methyl sites for hydroxylation is 1. The van der Waals surface area contributed by atoms with Crippen molar-refractivity contribution in [3.05, 3.63) is 47.5 Å². The zero-order valence-corrected chi connectivity index (χ0v) is 12.0. The van der Waals surface area contributed by atoms with Crippen LogP contribution in [0.15, 0.2) is 34.9 Å². The molecular formula is C15H19N3O2. The molecule has 1 N–H and O–H groups in total. The zero-order chi connectivity index (χ0) is 14.5. The number of amides is 1. The van der Waals surface area contributed by atoms with E-state index in [1.807, 2.05) is 44.1 Å². The zero-order valence-electron chi connectivity index (χ0n) is 12.0. The van der Waals surface area contributed by atoms with Crippen LogP contribution in [-0.4, -0.2) is 25.0 Å². The van der Waals surface area contributed by atoms with Crippen LogP contribution in [0.2, 0.25) is 0 Å². The quantitative estimate of drug-likeness (QED) is 0.907. The van der Waals surface area contributed by atoms with Gasteiger partial charge >= 0.3 is 0 Å². The van der Waals surface area contributed by atoms with E-state index in [-0.39, 0.29) is 5.91 Å². The first-order valence-electron chi connectivity index (χ1n) is 6.60. The van der Waals surface area contributed by atoms with Gasteiger partial charge < -0.3 is 14.6 Å². The Labute approximate surface area is 118 Å². The van der Waals surface area contributed by atoms with E-state index in [0.29, 0.717) is 12.3 Å². The lowest BCUT2D eigenvalue weighted by Gasteiger charge is -2.15. The average molecular weight is 273 g/mol. The van der Waals surface area contributed by atoms with Gasteiger partial charge in [0.2, 0.25) is 0 Å². The van der Waals surface area contributed by atoms with E-state index < -0.39 is 0 Å². The van der Waals surface area contributed by atoms with Gasteiger partial charge in [0.1, 0.15) is 11.6 Å². The Morgan fingerprint density at radius 1 is 1.35 bits per heavy atom. The predicted molar refractivity (Wildman–Crippen MR) is 77.8 cm³/mol. The van der Waals surface area contributed by atoms with E-state index in [0.717, 1.165) is 23.6 Å². The molecule has 2 aromatic heterocycles. The number of carbonyl (C=O) groups is 1. The largest absolute Gasteiger partial charge is 0.456 e. The topological polar surface area (TPSA) is 58.4 Å². The Balaban J connectivity index is 2.03. The Hall–Kier alpha value is -2.30. The molecule has 1 amide bonds. The van der Waals surface area contributed by atoms with Crippen molar-refractivity contribution >= 4 is 11.7 Å². The summed E-state index contributed by atoms with van der Waals surface area (Å²) >= 11 is 0. The highest BCUT2D eigenvalue weighted by atomic mass is 16.3. The minimum atomic E-state index is -0.210. The summed E-state index contributed by atoms with van der Waals surface area (Å²) in [5.41, 5.74) is 0.966. The van der Waals surface area contributed by atoms with Gasteiger partial charge in [0.15, 0.2) is 5.76 Å². The van der Waals surface area contributed by atoms with Crippen molar-refractivity contribution in [3.63, 3.8) is 0 Å². The standard InChI is InChI=1S/C15H19N3O2/c1-4-12-7-8-13(20-12)15(19)17-10-11-6-5-9-16-14(11)18(2)3/h5-9H,4,10H2,1-3H3,(H,17,19). The molecule has 0 bridgehead atoms. The van der Waals surface area contributed by atoms with Crippen LogP contribution in [0.1, 0.15) is 28.8 Å². The number of pyridine rings is 1. The third-order valence-electron chi connectivity index (χ3n) is 2.96. The molecule has 0 unspecified atom stereocenters. The van der Waals surface area contributed by atoms with Gasteiger partial charge in [-0.25, -0.2) is 4.98 Å². The maximum Gasteiger partial charge on any atom is 0.287 e. The van der Waals surface area contributed by atoms with Crippen LogP contribution in [-0.2, 0) is 13.0 Å². The average Bonchev–Trinajstić information content (AvgIpc) is 2.94. The highest BCUT2D eigenvalue weighted by Gasteiger charge is 2.12. The molecule has 2 aromatic rings. The first kappa shape index (κ1) is 14.1. The van der Waals surface area contributed by atoms with Gasteiger partial charge in [0.05, 0.1) is 0 Å². The first-order valence-corrected chi connectivity index (χ1v) is 6.60. The molecule has 0 saturated heterocycles. The maximum atomic E-state index is 12.0. The Kier molecular flexibility index (Phi) is 4.40. The SMILES string of the molecule is CCc1ccc(C(=O)NCc2cccnc2N(C)C)o1. The molecule has 0 aromatic carbocycles. The summed E-state index contributed by atoms with van der Waals surface area (Å²) in [5, 5.41) is 2.85. The fraction of sp³-hybridized carbons (Fsp3) is 0.333. The normalized spacial score (nSPS) is 10.3. The lowest BCUT2D eigenvalue weighted by atomic mass is 10.2. The van der Waals surface area contributed by atoms with Crippen molar-refractivity contribution in [2.75, 3.05) is 19.0 Å². The van der Waals surface area contributed by atoms with Crippen LogP contribution < -0.4 is 10.2 Å². The fourth-order valence-corrected chi connectivity index (χ4v) is 1.92. The fourth-order valence-electron chi connectivity index (χ4n) is 1.92. The Morgan fingerprint density at radius 3 is 2.80 bits per heavy atom. The molecule has 0 radical (unpaired) electrons. The van der Waals surface area contributed by atoms with Crippen molar-refractivity contribution in [3.8, 4) is 0 Å². The summed E-state index contributed by atoms with van der Waals surface area (Å²) in [5.74, 6) is 1.79. The second kappa shape index (κ2) is 6.23. The van der Waals surface area contributed by atoms with Gasteiger partial charge in [0.25, 0.3) is 5.91 Å². The number of furan rings is 1. The molecule has 2 heterocycles. The smallest absolute Gasteiger partial charge is 0.287 e. The lowest BCUT2D eigenvalue weighted by molar-refractivity contribution is 0.0921. The van der Waals surface area contributed by atoms with Gasteiger partial charge in [-0.2, -0.15) is 0 Å². The number of hydrogen-bond donors (Lipinski definition) is 1. The van der Waals surface area contributed by atoms with Gasteiger partial charge in [-0.15, -0.1) is 0 Å². The summed E-state index contributed by atoms with van der Waals surface area (Å²) in [6.07, 6.45) is 2.52. The number of hydrogen-bond acceptors (Lipinski definition) is 4. The van der Waals surface area contributed by atoms with Gasteiger partial charge in [-0.3, -0.25) is 4.79 Å². The van der Waals surface area contributed by atoms with Gasteiger partial charge in [-0.05, 0) is 18.2 Å². The minimum absolute atomic E-state index is 0.210. The molecule has 0 atom stereocenters. The van der Waals surface area contributed by atoms with E-state index in [4.69, 9.17) is 4.42 Å². The Bertz CT molecular complexity index is 590. The van der Waals surface area contributed by atoms with Crippen LogP contribution >= 0.6 is 0 Å². The number of nitrogens with zero attached hydrogens (tertiary/aromatic N) is 2. The molecule has 20 heavy (non-hydrogen) atoms. The van der Waals surface area contributed by atoms with E-state index in [2.05, 4.69) is 10.3 Å². The molecule has 0 saturated carbocycles. The lowest BCUT2D eigenvalue weighted by Crippen LogP contribution is -2.24. The molecule has 5 nitrogen and oxygen atoms in total. The second-order valence-electron chi connectivity index (χ2n) is 4.68. The molecule has 0 fully saturated rings. The molecule has 0 aliphatic carbocycles. The summed E-state index contributed by atoms with van der Waals surface area (Å²) in [7, 11) is 3.85. The van der Waals surface area contributed by atoms with Crippen molar-refractivity contribution in [2.24, 2.45) is 0 Å². The maximum absolute atomic E-state index is 12.0. The monoisotopic (exact) mass is 273 g/mol. The number of anilines is 1. The van der Waals surface area contributed by atoms with Gasteiger partial charge in [0, 0.05) is 38.8 Å². The highest BCUT2D eigenvalue weighted by molar-refractivity contribution is 5.91. The van der Waals surface area contributed by atoms with Crippen LogP contribution in [0.5, 0.6) is 0 Å². The second-order valence-corrected chi connectivity index (χ2v) is 4.68. The molecule has 5 heteroatoms. The molecule has 0 aliphatic rings. The molecule has 0 aliphatic heterocycles. The molecular weight excluding hydrogens is 254 g/mol. The van der Waals surface area contributed by atoms with Crippen LogP contribution in [0, 0.1) is 0 Å². The van der Waals surface area contributed by atoms with E-state index >= 15 is 0 Å². The number of nitrogens with one attached hydrogen (secondary N) is 1. The highest BCUT2D eigenvalue weighted by Crippen LogP contribution is 2.14. The molecule has 2 rings (SSSR count). The third-order valence-corrected chi connectivity index (χ3v) is 2.96. The van der Waals surface area contributed by atoms with Crippen LogP contribution in [0.4, 0.5) is 5.82 Å². The van der Waals surface area contributed by atoms with Crippen molar-refractivity contribution in [1.82, 2.24) is 10.3 Å². The van der Waals surface area contributed by atoms with Crippen molar-refractivity contribution in [1.29, 1.82) is 0 Å². The summed E-state index contributed by atoms with van der Waals surface area (Å²) < 4.78 is 5.42.